The molecule has 0 unspecified atom stereocenters. The molecular formula is C50H50F2N4O6. The van der Waals surface area contributed by atoms with E-state index in [0.29, 0.717) is 24.0 Å². The van der Waals surface area contributed by atoms with Crippen LogP contribution in [0.15, 0.2) is 146 Å². The molecule has 0 radical (unpaired) electrons. The molecule has 12 heteroatoms. The Kier molecular flexibility index (Phi) is 18.3. The lowest BCUT2D eigenvalue weighted by atomic mass is 9.95. The van der Waals surface area contributed by atoms with Crippen LogP contribution in [0.4, 0.5) is 8.78 Å². The number of esters is 2. The van der Waals surface area contributed by atoms with Gasteiger partial charge in [-0.05, 0) is 120 Å². The fraction of sp³-hybridized carbons (Fsp3) is 0.240. The van der Waals surface area contributed by atoms with Gasteiger partial charge < -0.3 is 9.47 Å². The van der Waals surface area contributed by atoms with Crippen LogP contribution < -0.4 is 10.6 Å². The van der Waals surface area contributed by atoms with Gasteiger partial charge in [-0.25, -0.2) is 8.78 Å². The Morgan fingerprint density at radius 1 is 0.516 bits per heavy atom. The minimum absolute atomic E-state index is 0.0852. The van der Waals surface area contributed by atoms with Gasteiger partial charge in [0.05, 0.1) is 38.4 Å². The Bertz CT molecular complexity index is 2190. The predicted octanol–water partition coefficient (Wildman–Crippen LogP) is 7.53. The summed E-state index contributed by atoms with van der Waals surface area (Å²) in [6, 6.07) is 34.5. The topological polar surface area (TPSA) is 137 Å². The molecule has 0 aliphatic carbocycles. The SMILES string of the molecule is CCOC(=O)CN[C@@H](Cc1ccccc1)C(=O)Cc1cc(-c2ccncc2)ccc1F.CCOC(=O)CN[C@@H](Cc1ccccc1)C(=O)Cc1cc(-c2ccncc2)ccc1F. The van der Waals surface area contributed by atoms with Crippen molar-refractivity contribution < 1.29 is 37.4 Å². The molecule has 320 valence electrons. The molecule has 0 bridgehead atoms. The van der Waals surface area contributed by atoms with Crippen LogP contribution in [0, 0.1) is 11.6 Å². The quantitative estimate of drug-likeness (QED) is 0.0743. The highest BCUT2D eigenvalue weighted by atomic mass is 19.1. The summed E-state index contributed by atoms with van der Waals surface area (Å²) in [5, 5.41) is 5.97. The summed E-state index contributed by atoms with van der Waals surface area (Å²) in [5.41, 5.74) is 5.93. The lowest BCUT2D eigenvalue weighted by Crippen LogP contribution is -2.42. The Morgan fingerprint density at radius 2 is 0.887 bits per heavy atom. The third-order valence-electron chi connectivity index (χ3n) is 9.79. The second-order valence-electron chi connectivity index (χ2n) is 14.2. The van der Waals surface area contributed by atoms with E-state index in [4.69, 9.17) is 9.47 Å². The number of aromatic nitrogens is 2. The molecule has 6 aromatic rings. The minimum atomic E-state index is -0.643. The first-order valence-corrected chi connectivity index (χ1v) is 20.4. The van der Waals surface area contributed by atoms with E-state index in [9.17, 15) is 28.0 Å². The first-order valence-electron chi connectivity index (χ1n) is 20.4. The number of hydrogen-bond donors (Lipinski definition) is 2. The van der Waals surface area contributed by atoms with Crippen LogP contribution in [-0.4, -0.2) is 71.9 Å². The highest BCUT2D eigenvalue weighted by Gasteiger charge is 2.23. The number of nitrogens with one attached hydrogen (secondary N) is 2. The van der Waals surface area contributed by atoms with E-state index >= 15 is 0 Å². The number of carbonyl (C=O) groups is 4. The zero-order valence-electron chi connectivity index (χ0n) is 34.8. The number of benzene rings is 4. The smallest absolute Gasteiger partial charge is 0.319 e. The van der Waals surface area contributed by atoms with Gasteiger partial charge in [0.2, 0.25) is 0 Å². The van der Waals surface area contributed by atoms with Gasteiger partial charge in [0.15, 0.2) is 11.6 Å². The average Bonchev–Trinajstić information content (AvgIpc) is 3.29. The van der Waals surface area contributed by atoms with E-state index in [0.717, 1.165) is 33.4 Å². The van der Waals surface area contributed by atoms with Gasteiger partial charge in [0.1, 0.15) is 11.6 Å². The number of ether oxygens (including phenoxy) is 2. The highest BCUT2D eigenvalue weighted by molar-refractivity contribution is 5.88. The van der Waals surface area contributed by atoms with Gasteiger partial charge in [-0.2, -0.15) is 0 Å². The molecule has 0 spiro atoms. The number of pyridine rings is 2. The maximum Gasteiger partial charge on any atom is 0.319 e. The van der Waals surface area contributed by atoms with Gasteiger partial charge in [-0.1, -0.05) is 72.8 Å². The molecule has 0 fully saturated rings. The van der Waals surface area contributed by atoms with Crippen LogP contribution in [0.5, 0.6) is 0 Å². The van der Waals surface area contributed by atoms with Gasteiger partial charge in [0.25, 0.3) is 0 Å². The molecule has 0 saturated carbocycles. The summed E-state index contributed by atoms with van der Waals surface area (Å²) in [7, 11) is 0. The molecule has 0 aliphatic rings. The summed E-state index contributed by atoms with van der Waals surface area (Å²) < 4.78 is 38.9. The van der Waals surface area contributed by atoms with Crippen LogP contribution in [0.2, 0.25) is 0 Å². The average molecular weight is 841 g/mol. The fourth-order valence-electron chi connectivity index (χ4n) is 6.63. The predicted molar refractivity (Wildman–Crippen MR) is 234 cm³/mol. The molecule has 6 rings (SSSR count). The number of hydrogen-bond acceptors (Lipinski definition) is 10. The van der Waals surface area contributed by atoms with E-state index in [1.165, 1.54) is 12.1 Å². The number of nitrogens with zero attached hydrogens (tertiary/aromatic N) is 2. The van der Waals surface area contributed by atoms with Crippen molar-refractivity contribution in [3.8, 4) is 22.3 Å². The van der Waals surface area contributed by atoms with Crippen molar-refractivity contribution in [2.45, 2.75) is 51.6 Å². The second kappa shape index (κ2) is 24.5. The molecule has 0 amide bonds. The summed E-state index contributed by atoms with van der Waals surface area (Å²) in [5.74, 6) is -2.12. The highest BCUT2D eigenvalue weighted by Crippen LogP contribution is 2.24. The maximum atomic E-state index is 14.5. The fourth-order valence-corrected chi connectivity index (χ4v) is 6.63. The Morgan fingerprint density at radius 3 is 1.24 bits per heavy atom. The largest absolute Gasteiger partial charge is 0.465 e. The maximum absolute atomic E-state index is 14.5. The number of carbonyl (C=O) groups excluding carboxylic acids is 4. The standard InChI is InChI=1S/2C25H25FN2O3/c2*1-2-31-25(30)17-28-23(14-18-6-4-3-5-7-18)24(29)16-21-15-20(8-9-22(21)26)19-10-12-27-13-11-19/h2*3-13,15,23,28H,2,14,16-17H2,1H3/t2*23-/m00/s1. The van der Waals surface area contributed by atoms with Crippen molar-refractivity contribution in [2.24, 2.45) is 0 Å². The number of Topliss-reactive ketones (excluding diaryl/α,β-unsaturated/α-hetero) is 2. The lowest BCUT2D eigenvalue weighted by Gasteiger charge is -2.18. The van der Waals surface area contributed by atoms with E-state index in [-0.39, 0.29) is 50.7 Å². The van der Waals surface area contributed by atoms with Gasteiger partial charge in [-0.15, -0.1) is 0 Å². The molecule has 2 heterocycles. The monoisotopic (exact) mass is 840 g/mol. The summed E-state index contributed by atoms with van der Waals surface area (Å²) in [6.07, 6.45) is 7.28. The van der Waals surface area contributed by atoms with Crippen LogP contribution >= 0.6 is 0 Å². The van der Waals surface area contributed by atoms with Crippen molar-refractivity contribution in [2.75, 3.05) is 26.3 Å². The van der Waals surface area contributed by atoms with Crippen LogP contribution in [0.25, 0.3) is 22.3 Å². The third kappa shape index (κ3) is 14.8. The van der Waals surface area contributed by atoms with Crippen LogP contribution in [0.1, 0.15) is 36.1 Å². The minimum Gasteiger partial charge on any atom is -0.465 e. The molecule has 4 aromatic carbocycles. The van der Waals surface area contributed by atoms with Gasteiger partial charge in [-0.3, -0.25) is 39.8 Å². The molecule has 62 heavy (non-hydrogen) atoms. The van der Waals surface area contributed by atoms with Gasteiger partial charge in [0, 0.05) is 37.6 Å². The molecular weight excluding hydrogens is 791 g/mol. The number of ketones is 2. The van der Waals surface area contributed by atoms with E-state index in [2.05, 4.69) is 20.6 Å². The van der Waals surface area contributed by atoms with Crippen molar-refractivity contribution in [1.82, 2.24) is 20.6 Å². The number of halogens is 2. The van der Waals surface area contributed by atoms with Crippen LogP contribution in [-0.2, 0) is 54.3 Å². The first-order chi connectivity index (χ1) is 30.1. The molecule has 0 saturated heterocycles. The zero-order valence-corrected chi connectivity index (χ0v) is 34.8. The lowest BCUT2D eigenvalue weighted by molar-refractivity contribution is -0.143. The van der Waals surface area contributed by atoms with E-state index < -0.39 is 35.7 Å². The third-order valence-corrected chi connectivity index (χ3v) is 9.79. The summed E-state index contributed by atoms with van der Waals surface area (Å²) in [4.78, 5) is 57.7. The zero-order chi connectivity index (χ0) is 44.1. The molecule has 2 atom stereocenters. The Balaban J connectivity index is 0.000000234. The van der Waals surface area contributed by atoms with E-state index in [1.807, 2.05) is 84.9 Å². The second-order valence-corrected chi connectivity index (χ2v) is 14.2. The molecule has 0 aliphatic heterocycles. The van der Waals surface area contributed by atoms with Crippen LogP contribution in [0.3, 0.4) is 0 Å². The molecule has 10 nitrogen and oxygen atoms in total. The number of rotatable bonds is 20. The van der Waals surface area contributed by atoms with Crippen molar-refractivity contribution in [3.05, 3.63) is 180 Å². The Hall–Kier alpha value is -6.76. The normalized spacial score (nSPS) is 11.7. The summed E-state index contributed by atoms with van der Waals surface area (Å²) >= 11 is 0. The molecule has 2 N–H and O–H groups in total. The van der Waals surface area contributed by atoms with Crippen molar-refractivity contribution in [3.63, 3.8) is 0 Å². The molecule has 2 aromatic heterocycles. The van der Waals surface area contributed by atoms with Crippen molar-refractivity contribution in [1.29, 1.82) is 0 Å². The first kappa shape index (κ1) is 46.3. The van der Waals surface area contributed by atoms with E-state index in [1.54, 1.807) is 62.9 Å². The Labute approximate surface area is 360 Å². The van der Waals surface area contributed by atoms with Crippen molar-refractivity contribution >= 4 is 23.5 Å². The van der Waals surface area contributed by atoms with Gasteiger partial charge >= 0.3 is 11.9 Å². The summed E-state index contributed by atoms with van der Waals surface area (Å²) in [6.45, 7) is 3.81.